The van der Waals surface area contributed by atoms with Gasteiger partial charge in [-0.3, -0.25) is 9.59 Å². The molecule has 2 heterocycles. The van der Waals surface area contributed by atoms with Gasteiger partial charge in [-0.25, -0.2) is 4.39 Å². The molecule has 1 unspecified atom stereocenters. The van der Waals surface area contributed by atoms with E-state index in [0.717, 1.165) is 5.56 Å². The summed E-state index contributed by atoms with van der Waals surface area (Å²) in [5, 5.41) is 9.52. The number of carbonyl (C=O) groups is 2. The molecule has 0 bridgehead atoms. The van der Waals surface area contributed by atoms with Crippen LogP contribution in [0.15, 0.2) is 18.2 Å². The molecule has 0 aliphatic carbocycles. The molecule has 2 aliphatic heterocycles. The van der Waals surface area contributed by atoms with Gasteiger partial charge in [-0.15, -0.1) is 0 Å². The number of rotatable bonds is 2. The van der Waals surface area contributed by atoms with E-state index in [1.165, 1.54) is 11.0 Å². The molecule has 23 heavy (non-hydrogen) atoms. The number of anilines is 1. The van der Waals surface area contributed by atoms with Gasteiger partial charge in [0.2, 0.25) is 11.8 Å². The fourth-order valence-corrected chi connectivity index (χ4v) is 3.28. The molecular weight excluding hydrogens is 299 g/mol. The van der Waals surface area contributed by atoms with Crippen LogP contribution in [0.4, 0.5) is 10.1 Å². The predicted molar refractivity (Wildman–Crippen MR) is 83.4 cm³/mol. The highest BCUT2D eigenvalue weighted by atomic mass is 19.1. The number of aryl methyl sites for hydroxylation is 1. The van der Waals surface area contributed by atoms with Crippen LogP contribution in [0.1, 0.15) is 24.8 Å². The van der Waals surface area contributed by atoms with Crippen molar-refractivity contribution in [3.8, 4) is 0 Å². The lowest BCUT2D eigenvalue weighted by Gasteiger charge is -2.31. The molecule has 2 fully saturated rings. The second-order valence-corrected chi connectivity index (χ2v) is 6.42. The average Bonchev–Trinajstić information content (AvgIpc) is 2.89. The van der Waals surface area contributed by atoms with Gasteiger partial charge in [-0.1, -0.05) is 6.07 Å². The van der Waals surface area contributed by atoms with Gasteiger partial charge in [-0.05, 0) is 37.5 Å². The van der Waals surface area contributed by atoms with Gasteiger partial charge >= 0.3 is 0 Å². The monoisotopic (exact) mass is 320 g/mol. The molecule has 1 aromatic carbocycles. The van der Waals surface area contributed by atoms with Crippen molar-refractivity contribution < 1.29 is 19.1 Å². The zero-order valence-electron chi connectivity index (χ0n) is 13.2. The Morgan fingerprint density at radius 3 is 2.65 bits per heavy atom. The Morgan fingerprint density at radius 1 is 1.30 bits per heavy atom. The summed E-state index contributed by atoms with van der Waals surface area (Å²) in [5.74, 6) is -1.16. The number of likely N-dealkylation sites (tertiary alicyclic amines) is 1. The number of nitrogens with zero attached hydrogens (tertiary/aromatic N) is 2. The Balaban J connectivity index is 1.71. The molecule has 2 saturated heterocycles. The van der Waals surface area contributed by atoms with Crippen molar-refractivity contribution in [1.82, 2.24) is 4.90 Å². The highest BCUT2D eigenvalue weighted by Gasteiger charge is 2.38. The van der Waals surface area contributed by atoms with Crippen LogP contribution in [0.3, 0.4) is 0 Å². The molecule has 1 atom stereocenters. The largest absolute Gasteiger partial charge is 0.393 e. The molecule has 0 spiro atoms. The van der Waals surface area contributed by atoms with E-state index in [4.69, 9.17) is 0 Å². The van der Waals surface area contributed by atoms with E-state index >= 15 is 0 Å². The Kier molecular flexibility index (Phi) is 4.35. The SMILES string of the molecule is Cc1ccc(N2CC(C(=O)N3CCC(O)CC3)CC2=O)c(F)c1. The Hall–Kier alpha value is -1.95. The van der Waals surface area contributed by atoms with Crippen LogP contribution in [0.25, 0.3) is 0 Å². The van der Waals surface area contributed by atoms with E-state index in [1.807, 2.05) is 0 Å². The summed E-state index contributed by atoms with van der Waals surface area (Å²) in [6, 6.07) is 4.74. The maximum atomic E-state index is 14.1. The van der Waals surface area contributed by atoms with Crippen LogP contribution in [0, 0.1) is 18.7 Å². The molecule has 3 rings (SSSR count). The molecule has 2 amide bonds. The molecule has 6 heteroatoms. The first-order valence-corrected chi connectivity index (χ1v) is 7.99. The van der Waals surface area contributed by atoms with E-state index in [1.54, 1.807) is 24.0 Å². The first kappa shape index (κ1) is 15.9. The van der Waals surface area contributed by atoms with Gasteiger partial charge in [-0.2, -0.15) is 0 Å². The lowest BCUT2D eigenvalue weighted by molar-refractivity contribution is -0.137. The van der Waals surface area contributed by atoms with Gasteiger partial charge < -0.3 is 14.9 Å². The smallest absolute Gasteiger partial charge is 0.228 e. The van der Waals surface area contributed by atoms with Crippen LogP contribution >= 0.6 is 0 Å². The minimum Gasteiger partial charge on any atom is -0.393 e. The summed E-state index contributed by atoms with van der Waals surface area (Å²) in [6.45, 7) is 3.04. The summed E-state index contributed by atoms with van der Waals surface area (Å²) in [7, 11) is 0. The first-order valence-electron chi connectivity index (χ1n) is 7.99. The van der Waals surface area contributed by atoms with E-state index in [2.05, 4.69) is 0 Å². The third-order valence-electron chi connectivity index (χ3n) is 4.64. The van der Waals surface area contributed by atoms with Crippen molar-refractivity contribution in [2.24, 2.45) is 5.92 Å². The third kappa shape index (κ3) is 3.22. The third-order valence-corrected chi connectivity index (χ3v) is 4.64. The number of amides is 2. The Morgan fingerprint density at radius 2 is 2.00 bits per heavy atom. The lowest BCUT2D eigenvalue weighted by atomic mass is 10.0. The standard InChI is InChI=1S/C17H21FN2O3/c1-11-2-3-15(14(18)8-11)20-10-12(9-16(20)22)17(23)19-6-4-13(21)5-7-19/h2-3,8,12-13,21H,4-7,9-10H2,1H3. The fourth-order valence-electron chi connectivity index (χ4n) is 3.28. The minimum absolute atomic E-state index is 0.0692. The molecule has 124 valence electrons. The minimum atomic E-state index is -0.437. The maximum absolute atomic E-state index is 14.1. The quantitative estimate of drug-likeness (QED) is 0.898. The van der Waals surface area contributed by atoms with Crippen LogP contribution in [-0.4, -0.2) is 47.6 Å². The molecule has 0 radical (unpaired) electrons. The molecule has 0 aromatic heterocycles. The Bertz CT molecular complexity index is 626. The fraction of sp³-hybridized carbons (Fsp3) is 0.529. The summed E-state index contributed by atoms with van der Waals surface area (Å²) in [6.07, 6.45) is 0.916. The zero-order chi connectivity index (χ0) is 16.6. The second kappa shape index (κ2) is 6.28. The number of piperidine rings is 1. The van der Waals surface area contributed by atoms with Crippen LogP contribution in [0.5, 0.6) is 0 Å². The van der Waals surface area contributed by atoms with Crippen LogP contribution in [0.2, 0.25) is 0 Å². The first-order chi connectivity index (χ1) is 11.0. The van der Waals surface area contributed by atoms with E-state index in [9.17, 15) is 19.1 Å². The summed E-state index contributed by atoms with van der Waals surface area (Å²) >= 11 is 0. The van der Waals surface area contributed by atoms with Crippen LogP contribution < -0.4 is 4.90 Å². The van der Waals surface area contributed by atoms with E-state index in [0.29, 0.717) is 25.9 Å². The number of hydrogen-bond acceptors (Lipinski definition) is 3. The topological polar surface area (TPSA) is 60.9 Å². The van der Waals surface area contributed by atoms with Crippen molar-refractivity contribution >= 4 is 17.5 Å². The van der Waals surface area contributed by atoms with Crippen molar-refractivity contribution in [2.45, 2.75) is 32.3 Å². The number of benzene rings is 1. The van der Waals surface area contributed by atoms with Gasteiger partial charge in [0, 0.05) is 26.1 Å². The predicted octanol–water partition coefficient (Wildman–Crippen LogP) is 1.47. The highest BCUT2D eigenvalue weighted by Crippen LogP contribution is 2.29. The maximum Gasteiger partial charge on any atom is 0.228 e. The highest BCUT2D eigenvalue weighted by molar-refractivity contribution is 6.00. The van der Waals surface area contributed by atoms with Gasteiger partial charge in [0.25, 0.3) is 0 Å². The van der Waals surface area contributed by atoms with Gasteiger partial charge in [0.05, 0.1) is 17.7 Å². The van der Waals surface area contributed by atoms with Crippen molar-refractivity contribution in [1.29, 1.82) is 0 Å². The molecule has 1 aromatic rings. The lowest BCUT2D eigenvalue weighted by Crippen LogP contribution is -2.43. The number of halogens is 1. The average molecular weight is 320 g/mol. The summed E-state index contributed by atoms with van der Waals surface area (Å²) in [4.78, 5) is 27.8. The number of hydrogen-bond donors (Lipinski definition) is 1. The van der Waals surface area contributed by atoms with E-state index < -0.39 is 11.7 Å². The van der Waals surface area contributed by atoms with Gasteiger partial charge in [0.1, 0.15) is 5.82 Å². The molecular formula is C17H21FN2O3. The second-order valence-electron chi connectivity index (χ2n) is 6.42. The van der Waals surface area contributed by atoms with Gasteiger partial charge in [0.15, 0.2) is 0 Å². The number of aliphatic hydroxyl groups is 1. The van der Waals surface area contributed by atoms with Crippen molar-refractivity contribution in [3.63, 3.8) is 0 Å². The molecule has 5 nitrogen and oxygen atoms in total. The summed E-state index contributed by atoms with van der Waals surface area (Å²) < 4.78 is 14.1. The Labute approximate surface area is 134 Å². The van der Waals surface area contributed by atoms with Crippen molar-refractivity contribution in [3.05, 3.63) is 29.6 Å². The van der Waals surface area contributed by atoms with E-state index in [-0.39, 0.29) is 36.6 Å². The molecule has 1 N–H and O–H groups in total. The van der Waals surface area contributed by atoms with Crippen molar-refractivity contribution in [2.75, 3.05) is 24.5 Å². The zero-order valence-corrected chi connectivity index (χ0v) is 13.2. The number of carbonyl (C=O) groups excluding carboxylic acids is 2. The normalized spacial score (nSPS) is 22.7. The molecule has 2 aliphatic rings. The summed E-state index contributed by atoms with van der Waals surface area (Å²) in [5.41, 5.74) is 1.03. The molecule has 0 saturated carbocycles. The number of aliphatic hydroxyl groups excluding tert-OH is 1. The van der Waals surface area contributed by atoms with Crippen LogP contribution in [-0.2, 0) is 9.59 Å².